The van der Waals surface area contributed by atoms with Gasteiger partial charge in [-0.05, 0) is 6.08 Å². The maximum Gasteiger partial charge on any atom is 0.215 e. The molecular weight excluding hydrogens is 159 g/mol. The molecule has 1 atom stereocenters. The molecule has 1 heterocycles. The monoisotopic (exact) mass is 166 g/mol. The lowest BCUT2D eigenvalue weighted by atomic mass is 9.97. The number of aromatic nitrogens is 4. The maximum atomic E-state index is 13.8. The van der Waals surface area contributed by atoms with E-state index in [1.807, 2.05) is 0 Å². The van der Waals surface area contributed by atoms with Crippen molar-refractivity contribution in [1.29, 1.82) is 0 Å². The predicted molar refractivity (Wildman–Crippen MR) is 39.9 cm³/mol. The summed E-state index contributed by atoms with van der Waals surface area (Å²) in [7, 11) is 0. The van der Waals surface area contributed by atoms with E-state index in [1.165, 1.54) is 6.08 Å². The molecule has 4 nitrogen and oxygen atoms in total. The van der Waals surface area contributed by atoms with E-state index in [4.69, 9.17) is 0 Å². The summed E-state index contributed by atoms with van der Waals surface area (Å²) in [6.45, 7) is 0. The Labute approximate surface area is 68.2 Å². The Bertz CT molecular complexity index is 316. The first kappa shape index (κ1) is 7.15. The fourth-order valence-corrected chi connectivity index (χ4v) is 1.10. The molecule has 0 aliphatic heterocycles. The molecule has 0 radical (unpaired) electrons. The SMILES string of the molecule is FC1(c2nn[nH]n2)C=CC=CC1. The number of hydrogen-bond donors (Lipinski definition) is 1. The number of nitrogens with zero attached hydrogens (tertiary/aromatic N) is 3. The molecule has 0 fully saturated rings. The highest BCUT2D eigenvalue weighted by Gasteiger charge is 2.33. The van der Waals surface area contributed by atoms with Crippen LogP contribution in [0.25, 0.3) is 0 Å². The zero-order valence-electron chi connectivity index (χ0n) is 6.24. The van der Waals surface area contributed by atoms with Crippen LogP contribution in [0, 0.1) is 0 Å². The van der Waals surface area contributed by atoms with Crippen LogP contribution in [0.3, 0.4) is 0 Å². The second-order valence-corrected chi connectivity index (χ2v) is 2.59. The summed E-state index contributed by atoms with van der Waals surface area (Å²) in [5.41, 5.74) is -1.58. The van der Waals surface area contributed by atoms with Gasteiger partial charge >= 0.3 is 0 Å². The minimum absolute atomic E-state index is 0.0862. The molecule has 2 rings (SSSR count). The van der Waals surface area contributed by atoms with Crippen LogP contribution in [0.2, 0.25) is 0 Å². The summed E-state index contributed by atoms with van der Waals surface area (Å²) < 4.78 is 13.8. The first-order chi connectivity index (χ1) is 5.81. The van der Waals surface area contributed by atoms with E-state index in [-0.39, 0.29) is 12.2 Å². The molecule has 1 aromatic rings. The largest absolute Gasteiger partial charge is 0.230 e. The van der Waals surface area contributed by atoms with Gasteiger partial charge < -0.3 is 0 Å². The molecule has 1 unspecified atom stereocenters. The van der Waals surface area contributed by atoms with E-state index >= 15 is 0 Å². The predicted octanol–water partition coefficient (Wildman–Crippen LogP) is 0.881. The van der Waals surface area contributed by atoms with Crippen LogP contribution in [-0.4, -0.2) is 20.6 Å². The van der Waals surface area contributed by atoms with Gasteiger partial charge in [-0.15, -0.1) is 10.2 Å². The van der Waals surface area contributed by atoms with E-state index in [1.54, 1.807) is 18.2 Å². The molecule has 0 aromatic carbocycles. The molecule has 0 spiro atoms. The van der Waals surface area contributed by atoms with Crippen molar-refractivity contribution < 1.29 is 4.39 Å². The second kappa shape index (κ2) is 2.51. The fraction of sp³-hybridized carbons (Fsp3) is 0.286. The van der Waals surface area contributed by atoms with Gasteiger partial charge in [-0.3, -0.25) is 0 Å². The van der Waals surface area contributed by atoms with Crippen molar-refractivity contribution in [2.24, 2.45) is 0 Å². The minimum atomic E-state index is -1.58. The molecule has 1 aromatic heterocycles. The van der Waals surface area contributed by atoms with E-state index < -0.39 is 5.67 Å². The lowest BCUT2D eigenvalue weighted by Crippen LogP contribution is -2.19. The summed E-state index contributed by atoms with van der Waals surface area (Å²) in [5.74, 6) is 0.0862. The number of tetrazole rings is 1. The normalized spacial score (nSPS) is 27.8. The van der Waals surface area contributed by atoms with Gasteiger partial charge in [-0.1, -0.05) is 23.4 Å². The molecule has 5 heteroatoms. The number of halogens is 1. The molecule has 12 heavy (non-hydrogen) atoms. The summed E-state index contributed by atoms with van der Waals surface area (Å²) in [6, 6.07) is 0. The van der Waals surface area contributed by atoms with E-state index in [0.717, 1.165) is 0 Å². The lowest BCUT2D eigenvalue weighted by molar-refractivity contribution is 0.221. The molecule has 1 aliphatic carbocycles. The third-order valence-electron chi connectivity index (χ3n) is 1.74. The van der Waals surface area contributed by atoms with Gasteiger partial charge in [-0.2, -0.15) is 5.21 Å². The van der Waals surface area contributed by atoms with Crippen LogP contribution in [0.4, 0.5) is 4.39 Å². The van der Waals surface area contributed by atoms with Gasteiger partial charge in [0.25, 0.3) is 0 Å². The van der Waals surface area contributed by atoms with Gasteiger partial charge in [0, 0.05) is 6.42 Å². The molecule has 1 aliphatic rings. The van der Waals surface area contributed by atoms with E-state index in [9.17, 15) is 4.39 Å². The van der Waals surface area contributed by atoms with E-state index in [2.05, 4.69) is 20.6 Å². The summed E-state index contributed by atoms with van der Waals surface area (Å²) in [4.78, 5) is 0. The maximum absolute atomic E-state index is 13.8. The van der Waals surface area contributed by atoms with Crippen LogP contribution < -0.4 is 0 Å². The Balaban J connectivity index is 2.34. The Morgan fingerprint density at radius 3 is 3.00 bits per heavy atom. The van der Waals surface area contributed by atoms with Crippen molar-refractivity contribution in [1.82, 2.24) is 20.6 Å². The average Bonchev–Trinajstić information content (AvgIpc) is 2.58. The number of H-pyrrole nitrogens is 1. The van der Waals surface area contributed by atoms with Gasteiger partial charge in [0.05, 0.1) is 0 Å². The molecule has 0 saturated carbocycles. The van der Waals surface area contributed by atoms with Crippen molar-refractivity contribution in [3.05, 3.63) is 30.1 Å². The molecule has 1 N–H and O–H groups in total. The van der Waals surface area contributed by atoms with Crippen LogP contribution in [-0.2, 0) is 5.67 Å². The smallest absolute Gasteiger partial charge is 0.215 e. The Morgan fingerprint density at radius 1 is 1.50 bits per heavy atom. The highest BCUT2D eigenvalue weighted by molar-refractivity contribution is 5.22. The highest BCUT2D eigenvalue weighted by Crippen LogP contribution is 2.30. The third-order valence-corrected chi connectivity index (χ3v) is 1.74. The Hall–Kier alpha value is -1.52. The quantitative estimate of drug-likeness (QED) is 0.673. The fourth-order valence-electron chi connectivity index (χ4n) is 1.10. The Kier molecular flexibility index (Phi) is 1.49. The lowest BCUT2D eigenvalue weighted by Gasteiger charge is -2.16. The van der Waals surface area contributed by atoms with Crippen LogP contribution in [0.5, 0.6) is 0 Å². The highest BCUT2D eigenvalue weighted by atomic mass is 19.1. The van der Waals surface area contributed by atoms with E-state index in [0.29, 0.717) is 0 Å². The number of alkyl halides is 1. The zero-order chi connectivity index (χ0) is 8.44. The number of nitrogens with one attached hydrogen (secondary N) is 1. The molecule has 62 valence electrons. The molecule has 0 saturated heterocycles. The van der Waals surface area contributed by atoms with Crippen molar-refractivity contribution in [2.75, 3.05) is 0 Å². The minimum Gasteiger partial charge on any atom is -0.230 e. The second-order valence-electron chi connectivity index (χ2n) is 2.59. The van der Waals surface area contributed by atoms with Crippen LogP contribution >= 0.6 is 0 Å². The van der Waals surface area contributed by atoms with Crippen molar-refractivity contribution >= 4 is 0 Å². The first-order valence-corrected chi connectivity index (χ1v) is 3.58. The van der Waals surface area contributed by atoms with Crippen LogP contribution in [0.1, 0.15) is 12.2 Å². The van der Waals surface area contributed by atoms with Crippen molar-refractivity contribution in [3.8, 4) is 0 Å². The number of hydrogen-bond acceptors (Lipinski definition) is 3. The topological polar surface area (TPSA) is 54.5 Å². The average molecular weight is 166 g/mol. The van der Waals surface area contributed by atoms with Crippen molar-refractivity contribution in [2.45, 2.75) is 12.1 Å². The number of rotatable bonds is 1. The number of aromatic amines is 1. The molecular formula is C7H7FN4. The first-order valence-electron chi connectivity index (χ1n) is 3.58. The van der Waals surface area contributed by atoms with Gasteiger partial charge in [-0.25, -0.2) is 4.39 Å². The van der Waals surface area contributed by atoms with Crippen molar-refractivity contribution in [3.63, 3.8) is 0 Å². The van der Waals surface area contributed by atoms with Crippen LogP contribution in [0.15, 0.2) is 24.3 Å². The molecule has 0 bridgehead atoms. The van der Waals surface area contributed by atoms with Gasteiger partial charge in [0.15, 0.2) is 5.67 Å². The number of allylic oxidation sites excluding steroid dienone is 4. The van der Waals surface area contributed by atoms with Gasteiger partial charge in [0.1, 0.15) is 0 Å². The standard InChI is InChI=1S/C7H7FN4/c8-7(4-2-1-3-5-7)6-9-11-12-10-6/h1-4H,5H2,(H,9,10,11,12). The molecule has 0 amide bonds. The Morgan fingerprint density at radius 2 is 2.42 bits per heavy atom. The van der Waals surface area contributed by atoms with Gasteiger partial charge in [0.2, 0.25) is 5.82 Å². The summed E-state index contributed by atoms with van der Waals surface area (Å²) >= 11 is 0. The zero-order valence-corrected chi connectivity index (χ0v) is 6.24. The third kappa shape index (κ3) is 1.03. The summed E-state index contributed by atoms with van der Waals surface area (Å²) in [5, 5.41) is 12.7. The summed E-state index contributed by atoms with van der Waals surface area (Å²) in [6.07, 6.45) is 6.86.